The Hall–Kier alpha value is -0.940. The minimum absolute atomic E-state index is 0. The van der Waals surface area contributed by atoms with Crippen LogP contribution in [0, 0.1) is 6.92 Å². The van der Waals surface area contributed by atoms with Gasteiger partial charge in [0.2, 0.25) is 0 Å². The molecule has 27 heavy (non-hydrogen) atoms. The van der Waals surface area contributed by atoms with Gasteiger partial charge in [-0.15, -0.1) is 35.3 Å². The Kier molecular flexibility index (Phi) is 14.5. The molecule has 0 aromatic carbocycles. The second kappa shape index (κ2) is 15.0. The van der Waals surface area contributed by atoms with Crippen LogP contribution in [0.2, 0.25) is 0 Å². The van der Waals surface area contributed by atoms with Crippen LogP contribution in [0.1, 0.15) is 67.0 Å². The van der Waals surface area contributed by atoms with Crippen molar-refractivity contribution in [2.75, 3.05) is 32.9 Å². The number of nitrogens with zero attached hydrogens (tertiary/aromatic N) is 2. The van der Waals surface area contributed by atoms with Crippen LogP contribution in [0.25, 0.3) is 0 Å². The maximum absolute atomic E-state index is 12.0. The predicted molar refractivity (Wildman–Crippen MR) is 121 cm³/mol. The first-order chi connectivity index (χ1) is 12.5. The maximum atomic E-state index is 12.0. The molecule has 156 valence electrons. The Bertz CT molecular complexity index is 581. The zero-order chi connectivity index (χ0) is 19.4. The van der Waals surface area contributed by atoms with E-state index in [9.17, 15) is 4.79 Å². The van der Waals surface area contributed by atoms with E-state index < -0.39 is 0 Å². The quantitative estimate of drug-likeness (QED) is 0.155. The van der Waals surface area contributed by atoms with Gasteiger partial charge in [-0.25, -0.2) is 9.78 Å². The van der Waals surface area contributed by atoms with Crippen molar-refractivity contribution in [3.05, 3.63) is 15.6 Å². The standard InChI is InChI=1S/C18H32N4O3S.HI/c1-6-9-11-24-12-10-20-18(19-7-2)22-14(5)16-21-13(4)15(26-16)17(23)25-8-3;/h14H,6-12H2,1-5H3,(H2,19,20,22);1H. The fourth-order valence-electron chi connectivity index (χ4n) is 2.15. The van der Waals surface area contributed by atoms with E-state index in [-0.39, 0.29) is 36.0 Å². The van der Waals surface area contributed by atoms with Crippen LogP contribution in [0.3, 0.4) is 0 Å². The normalized spacial score (nSPS) is 12.3. The lowest BCUT2D eigenvalue weighted by molar-refractivity contribution is 0.0531. The average Bonchev–Trinajstić information content (AvgIpc) is 3.00. The maximum Gasteiger partial charge on any atom is 0.350 e. The van der Waals surface area contributed by atoms with Crippen molar-refractivity contribution in [1.82, 2.24) is 15.6 Å². The Balaban J connectivity index is 0.00000676. The molecule has 7 nitrogen and oxygen atoms in total. The summed E-state index contributed by atoms with van der Waals surface area (Å²) in [5.74, 6) is 0.399. The van der Waals surface area contributed by atoms with Gasteiger partial charge in [-0.3, -0.25) is 4.99 Å². The van der Waals surface area contributed by atoms with E-state index in [1.54, 1.807) is 6.92 Å². The summed E-state index contributed by atoms with van der Waals surface area (Å²) in [5.41, 5.74) is 0.698. The summed E-state index contributed by atoms with van der Waals surface area (Å²) >= 11 is 1.36. The molecule has 0 amide bonds. The van der Waals surface area contributed by atoms with Crippen molar-refractivity contribution in [2.24, 2.45) is 4.99 Å². The molecule has 0 fully saturated rings. The highest BCUT2D eigenvalue weighted by Crippen LogP contribution is 2.24. The van der Waals surface area contributed by atoms with Gasteiger partial charge in [-0.05, 0) is 34.1 Å². The topological polar surface area (TPSA) is 84.8 Å². The van der Waals surface area contributed by atoms with Gasteiger partial charge in [0.25, 0.3) is 0 Å². The van der Waals surface area contributed by atoms with Crippen molar-refractivity contribution in [3.8, 4) is 0 Å². The Morgan fingerprint density at radius 2 is 2.04 bits per heavy atom. The molecular weight excluding hydrogens is 479 g/mol. The lowest BCUT2D eigenvalue weighted by Gasteiger charge is -2.16. The molecule has 0 aliphatic rings. The number of unbranched alkanes of at least 4 members (excludes halogenated alkanes) is 1. The van der Waals surface area contributed by atoms with Gasteiger partial charge in [0.1, 0.15) is 9.88 Å². The molecule has 1 rings (SSSR count). The summed E-state index contributed by atoms with van der Waals surface area (Å²) in [6.07, 6.45) is 2.21. The van der Waals surface area contributed by atoms with Gasteiger partial charge in [0.05, 0.1) is 31.5 Å². The van der Waals surface area contributed by atoms with Crippen LogP contribution in [-0.4, -0.2) is 49.8 Å². The van der Waals surface area contributed by atoms with E-state index in [0.29, 0.717) is 36.3 Å². The van der Waals surface area contributed by atoms with Gasteiger partial charge < -0.3 is 20.1 Å². The summed E-state index contributed by atoms with van der Waals surface area (Å²) in [5, 5.41) is 7.37. The molecule has 1 aromatic rings. The van der Waals surface area contributed by atoms with Crippen LogP contribution in [0.4, 0.5) is 0 Å². The monoisotopic (exact) mass is 512 g/mol. The molecule has 0 saturated heterocycles. The minimum atomic E-state index is -0.314. The summed E-state index contributed by atoms with van der Waals surface area (Å²) in [4.78, 5) is 21.5. The SMILES string of the molecule is CCCCOCCN=C(NCC)NC(C)c1nc(C)c(C(=O)OCC)s1.I. The van der Waals surface area contributed by atoms with Gasteiger partial charge in [0.15, 0.2) is 5.96 Å². The van der Waals surface area contributed by atoms with Crippen LogP contribution >= 0.6 is 35.3 Å². The molecule has 1 atom stereocenters. The zero-order valence-corrected chi connectivity index (χ0v) is 20.1. The molecule has 1 unspecified atom stereocenters. The smallest absolute Gasteiger partial charge is 0.350 e. The number of aromatic nitrogens is 1. The number of ether oxygens (including phenoxy) is 2. The summed E-state index contributed by atoms with van der Waals surface area (Å²) in [7, 11) is 0. The third-order valence-corrected chi connectivity index (χ3v) is 4.81. The first-order valence-electron chi connectivity index (χ1n) is 9.30. The molecule has 0 aliphatic carbocycles. The summed E-state index contributed by atoms with van der Waals surface area (Å²) in [6, 6.07) is -0.0688. The lowest BCUT2D eigenvalue weighted by atomic mass is 10.3. The number of hydrogen-bond donors (Lipinski definition) is 2. The van der Waals surface area contributed by atoms with Crippen molar-refractivity contribution >= 4 is 47.2 Å². The van der Waals surface area contributed by atoms with E-state index >= 15 is 0 Å². The molecule has 1 aromatic heterocycles. The van der Waals surface area contributed by atoms with E-state index in [2.05, 4.69) is 27.5 Å². The number of rotatable bonds is 11. The number of hydrogen-bond acceptors (Lipinski definition) is 6. The average molecular weight is 512 g/mol. The van der Waals surface area contributed by atoms with Crippen LogP contribution in [-0.2, 0) is 9.47 Å². The molecule has 1 heterocycles. The number of halogens is 1. The van der Waals surface area contributed by atoms with Gasteiger partial charge in [-0.2, -0.15) is 0 Å². The molecule has 2 N–H and O–H groups in total. The van der Waals surface area contributed by atoms with Crippen LogP contribution < -0.4 is 10.6 Å². The highest BCUT2D eigenvalue weighted by Gasteiger charge is 2.20. The molecule has 0 aliphatic heterocycles. The van der Waals surface area contributed by atoms with E-state index in [4.69, 9.17) is 9.47 Å². The summed E-state index contributed by atoms with van der Waals surface area (Å²) in [6.45, 7) is 12.9. The number of carbonyl (C=O) groups is 1. The Morgan fingerprint density at radius 3 is 2.67 bits per heavy atom. The van der Waals surface area contributed by atoms with Gasteiger partial charge in [-0.1, -0.05) is 13.3 Å². The molecule has 0 bridgehead atoms. The first kappa shape index (κ1) is 26.1. The van der Waals surface area contributed by atoms with Crippen molar-refractivity contribution in [1.29, 1.82) is 0 Å². The van der Waals surface area contributed by atoms with Crippen molar-refractivity contribution < 1.29 is 14.3 Å². The third-order valence-electron chi connectivity index (χ3n) is 3.49. The number of aryl methyl sites for hydroxylation is 1. The fourth-order valence-corrected chi connectivity index (χ4v) is 3.11. The third kappa shape index (κ3) is 9.70. The van der Waals surface area contributed by atoms with Crippen molar-refractivity contribution in [3.63, 3.8) is 0 Å². The van der Waals surface area contributed by atoms with E-state index in [1.165, 1.54) is 11.3 Å². The number of thiazole rings is 1. The highest BCUT2D eigenvalue weighted by atomic mass is 127. The van der Waals surface area contributed by atoms with Crippen LogP contribution in [0.15, 0.2) is 4.99 Å². The molecule has 0 radical (unpaired) electrons. The summed E-state index contributed by atoms with van der Waals surface area (Å²) < 4.78 is 10.6. The lowest BCUT2D eigenvalue weighted by Crippen LogP contribution is -2.39. The second-order valence-corrected chi connectivity index (χ2v) is 6.81. The molecule has 0 saturated carbocycles. The number of aliphatic imine (C=N–C) groups is 1. The molecule has 0 spiro atoms. The Morgan fingerprint density at radius 1 is 1.30 bits per heavy atom. The minimum Gasteiger partial charge on any atom is -0.462 e. The van der Waals surface area contributed by atoms with E-state index in [0.717, 1.165) is 31.0 Å². The number of carbonyl (C=O) groups excluding carboxylic acids is 1. The van der Waals surface area contributed by atoms with Crippen molar-refractivity contribution in [2.45, 2.75) is 53.5 Å². The van der Waals surface area contributed by atoms with Gasteiger partial charge >= 0.3 is 5.97 Å². The van der Waals surface area contributed by atoms with Gasteiger partial charge in [0, 0.05) is 13.2 Å². The number of guanidine groups is 1. The highest BCUT2D eigenvalue weighted by molar-refractivity contribution is 14.0. The predicted octanol–water partition coefficient (Wildman–Crippen LogP) is 3.68. The van der Waals surface area contributed by atoms with E-state index in [1.807, 2.05) is 20.8 Å². The largest absolute Gasteiger partial charge is 0.462 e. The zero-order valence-electron chi connectivity index (χ0n) is 17.0. The molecule has 9 heteroatoms. The fraction of sp³-hybridized carbons (Fsp3) is 0.722. The number of esters is 1. The second-order valence-electron chi connectivity index (χ2n) is 5.78. The Labute approximate surface area is 183 Å². The number of nitrogens with one attached hydrogen (secondary N) is 2. The van der Waals surface area contributed by atoms with Crippen LogP contribution in [0.5, 0.6) is 0 Å². The first-order valence-corrected chi connectivity index (χ1v) is 10.1. The molecular formula is C18H33IN4O3S.